The predicted molar refractivity (Wildman–Crippen MR) is 131 cm³/mol. The maximum Gasteiger partial charge on any atom is 0.340 e. The zero-order valence-electron chi connectivity index (χ0n) is 18.9. The first kappa shape index (κ1) is 21.5. The molecule has 0 saturated carbocycles. The molecule has 7 nitrogen and oxygen atoms in total. The van der Waals surface area contributed by atoms with Crippen LogP contribution in [0, 0.1) is 13.8 Å². The molecular weight excluding hydrogens is 438 g/mol. The van der Waals surface area contributed by atoms with Gasteiger partial charge in [-0.25, -0.2) is 4.79 Å². The summed E-state index contributed by atoms with van der Waals surface area (Å²) >= 11 is 1.50. The van der Waals surface area contributed by atoms with Crippen molar-refractivity contribution in [3.8, 4) is 5.75 Å². The molecule has 2 aromatic heterocycles. The second-order valence-corrected chi connectivity index (χ2v) is 9.19. The van der Waals surface area contributed by atoms with Gasteiger partial charge in [0.2, 0.25) is 5.91 Å². The van der Waals surface area contributed by atoms with Crippen molar-refractivity contribution in [1.29, 1.82) is 0 Å². The summed E-state index contributed by atoms with van der Waals surface area (Å²) in [6, 6.07) is 11.9. The number of benzene rings is 2. The van der Waals surface area contributed by atoms with Crippen LogP contribution in [0.4, 0.5) is 5.82 Å². The van der Waals surface area contributed by atoms with E-state index in [0.29, 0.717) is 43.1 Å². The second kappa shape index (κ2) is 8.51. The minimum absolute atomic E-state index is 0.0147. The highest BCUT2D eigenvalue weighted by Gasteiger charge is 2.26. The highest BCUT2D eigenvalue weighted by Crippen LogP contribution is 2.32. The van der Waals surface area contributed by atoms with Crippen molar-refractivity contribution in [3.05, 3.63) is 63.5 Å². The lowest BCUT2D eigenvalue weighted by molar-refractivity contribution is -0.130. The number of hydrogen-bond donors (Lipinski definition) is 0. The molecule has 2 aromatic carbocycles. The number of carbonyl (C=O) groups excluding carboxylic acids is 1. The largest absolute Gasteiger partial charge is 0.496 e. The number of methoxy groups -OCH3 is 1. The Labute approximate surface area is 195 Å². The maximum absolute atomic E-state index is 13.1. The topological polar surface area (TPSA) is 75.9 Å². The molecule has 0 N–H and O–H groups in total. The molecule has 0 aliphatic carbocycles. The first-order valence-corrected chi connectivity index (χ1v) is 11.7. The first-order chi connectivity index (χ1) is 16.0. The monoisotopic (exact) mass is 463 g/mol. The molecule has 170 valence electrons. The molecule has 33 heavy (non-hydrogen) atoms. The molecule has 0 unspecified atom stereocenters. The highest BCUT2D eigenvalue weighted by molar-refractivity contribution is 7.13. The van der Waals surface area contributed by atoms with Gasteiger partial charge in [0.05, 0.1) is 29.2 Å². The number of amides is 1. The van der Waals surface area contributed by atoms with Crippen LogP contribution in [0.3, 0.4) is 0 Å². The molecular formula is C25H25N3O4S. The summed E-state index contributed by atoms with van der Waals surface area (Å²) in [6.45, 7) is 6.36. The van der Waals surface area contributed by atoms with Crippen molar-refractivity contribution in [1.82, 2.24) is 9.27 Å². The van der Waals surface area contributed by atoms with Crippen molar-refractivity contribution in [2.24, 2.45) is 0 Å². The number of carbonyl (C=O) groups is 1. The standard InChI is InChI=1S/C25H25N3O4S/c1-15-12-19(31-3)23-16(2)18(25(30)32-20(23)13-15)14-22(29)27-8-10-28(11-9-27)24-17-6-4-5-7-21(17)33-26-24/h4-7,12-13H,8-11,14H2,1-3H3. The Kier molecular flexibility index (Phi) is 5.54. The van der Waals surface area contributed by atoms with E-state index in [1.165, 1.54) is 11.5 Å². The van der Waals surface area contributed by atoms with E-state index in [-0.39, 0.29) is 12.3 Å². The van der Waals surface area contributed by atoms with Gasteiger partial charge in [0, 0.05) is 31.6 Å². The molecule has 1 amide bonds. The van der Waals surface area contributed by atoms with Crippen LogP contribution in [0.1, 0.15) is 16.7 Å². The first-order valence-electron chi connectivity index (χ1n) is 10.9. The van der Waals surface area contributed by atoms with E-state index in [2.05, 4.69) is 21.4 Å². The molecule has 0 radical (unpaired) electrons. The van der Waals surface area contributed by atoms with E-state index >= 15 is 0 Å². The van der Waals surface area contributed by atoms with Crippen LogP contribution in [0.25, 0.3) is 21.1 Å². The van der Waals surface area contributed by atoms with E-state index < -0.39 is 5.63 Å². The summed E-state index contributed by atoms with van der Waals surface area (Å²) in [5, 5.41) is 1.89. The van der Waals surface area contributed by atoms with E-state index in [1.807, 2.05) is 43.0 Å². The maximum atomic E-state index is 13.1. The zero-order chi connectivity index (χ0) is 23.1. The Morgan fingerprint density at radius 1 is 1.15 bits per heavy atom. The van der Waals surface area contributed by atoms with E-state index in [1.54, 1.807) is 7.11 Å². The van der Waals surface area contributed by atoms with Gasteiger partial charge in [-0.1, -0.05) is 12.1 Å². The van der Waals surface area contributed by atoms with Gasteiger partial charge in [-0.05, 0) is 60.8 Å². The van der Waals surface area contributed by atoms with Gasteiger partial charge >= 0.3 is 5.63 Å². The number of piperazine rings is 1. The van der Waals surface area contributed by atoms with Crippen molar-refractivity contribution in [2.75, 3.05) is 38.2 Å². The molecule has 1 saturated heterocycles. The third-order valence-electron chi connectivity index (χ3n) is 6.33. The molecule has 1 fully saturated rings. The molecule has 0 bridgehead atoms. The lowest BCUT2D eigenvalue weighted by Gasteiger charge is -2.35. The number of fused-ring (bicyclic) bond motifs is 2. The predicted octanol–water partition coefficient (Wildman–Crippen LogP) is 3.92. The Hall–Kier alpha value is -3.39. The number of aromatic nitrogens is 1. The van der Waals surface area contributed by atoms with Crippen molar-refractivity contribution < 1.29 is 13.9 Å². The van der Waals surface area contributed by atoms with Crippen molar-refractivity contribution >= 4 is 44.3 Å². The lowest BCUT2D eigenvalue weighted by Crippen LogP contribution is -2.49. The summed E-state index contributed by atoms with van der Waals surface area (Å²) in [5.74, 6) is 1.55. The van der Waals surface area contributed by atoms with Crippen molar-refractivity contribution in [3.63, 3.8) is 0 Å². The van der Waals surface area contributed by atoms with Crippen LogP contribution in [-0.2, 0) is 11.2 Å². The summed E-state index contributed by atoms with van der Waals surface area (Å²) in [7, 11) is 1.59. The molecule has 8 heteroatoms. The molecule has 0 atom stereocenters. The fraction of sp³-hybridized carbons (Fsp3) is 0.320. The fourth-order valence-corrected chi connectivity index (χ4v) is 5.33. The van der Waals surface area contributed by atoms with Gasteiger partial charge in [-0.3, -0.25) is 4.79 Å². The normalized spacial score (nSPS) is 14.3. The summed E-state index contributed by atoms with van der Waals surface area (Å²) in [5.41, 5.74) is 2.08. The summed E-state index contributed by atoms with van der Waals surface area (Å²) in [4.78, 5) is 29.9. The summed E-state index contributed by atoms with van der Waals surface area (Å²) in [6.07, 6.45) is 0.0147. The molecule has 5 rings (SSSR count). The number of nitrogens with zero attached hydrogens (tertiary/aromatic N) is 3. The molecule has 1 aliphatic rings. The van der Waals surface area contributed by atoms with Crippen LogP contribution in [0.2, 0.25) is 0 Å². The Balaban J connectivity index is 1.34. The number of hydrogen-bond acceptors (Lipinski definition) is 7. The molecule has 3 heterocycles. The minimum atomic E-state index is -0.464. The van der Waals surface area contributed by atoms with E-state index in [4.69, 9.17) is 9.15 Å². The Morgan fingerprint density at radius 3 is 2.67 bits per heavy atom. The average Bonchev–Trinajstić information content (AvgIpc) is 3.25. The third kappa shape index (κ3) is 3.84. The molecule has 0 spiro atoms. The van der Waals surface area contributed by atoms with Gasteiger partial charge in [0.15, 0.2) is 0 Å². The Morgan fingerprint density at radius 2 is 1.91 bits per heavy atom. The molecule has 4 aromatic rings. The minimum Gasteiger partial charge on any atom is -0.496 e. The number of aryl methyl sites for hydroxylation is 2. The second-order valence-electron chi connectivity index (χ2n) is 8.38. The smallest absolute Gasteiger partial charge is 0.340 e. The highest BCUT2D eigenvalue weighted by atomic mass is 32.1. The van der Waals surface area contributed by atoms with Crippen LogP contribution >= 0.6 is 11.5 Å². The van der Waals surface area contributed by atoms with Gasteiger partial charge in [-0.2, -0.15) is 4.37 Å². The van der Waals surface area contributed by atoms with Crippen LogP contribution < -0.4 is 15.3 Å². The van der Waals surface area contributed by atoms with Crippen LogP contribution in [-0.4, -0.2) is 48.5 Å². The van der Waals surface area contributed by atoms with Gasteiger partial charge in [0.1, 0.15) is 17.2 Å². The molecule has 1 aliphatic heterocycles. The van der Waals surface area contributed by atoms with Gasteiger partial charge in [-0.15, -0.1) is 0 Å². The zero-order valence-corrected chi connectivity index (χ0v) is 19.7. The van der Waals surface area contributed by atoms with Crippen LogP contribution in [0.15, 0.2) is 45.6 Å². The third-order valence-corrected chi connectivity index (χ3v) is 7.14. The van der Waals surface area contributed by atoms with Crippen molar-refractivity contribution in [2.45, 2.75) is 20.3 Å². The number of anilines is 1. The van der Waals surface area contributed by atoms with Gasteiger partial charge < -0.3 is 19.0 Å². The lowest BCUT2D eigenvalue weighted by atomic mass is 10.0. The number of ether oxygens (including phenoxy) is 1. The Bertz CT molecular complexity index is 1420. The number of rotatable bonds is 4. The average molecular weight is 464 g/mol. The van der Waals surface area contributed by atoms with Gasteiger partial charge in [0.25, 0.3) is 0 Å². The fourth-order valence-electron chi connectivity index (χ4n) is 4.53. The van der Waals surface area contributed by atoms with Crippen LogP contribution in [0.5, 0.6) is 5.75 Å². The quantitative estimate of drug-likeness (QED) is 0.427. The van der Waals surface area contributed by atoms with E-state index in [9.17, 15) is 9.59 Å². The SMILES string of the molecule is COc1cc(C)cc2oc(=O)c(CC(=O)N3CCN(c4nsc5ccccc45)CC3)c(C)c12. The van der Waals surface area contributed by atoms with E-state index in [0.717, 1.165) is 32.4 Å². The summed E-state index contributed by atoms with van der Waals surface area (Å²) < 4.78 is 16.9.